The third kappa shape index (κ3) is 4.08. The Morgan fingerprint density at radius 1 is 1.07 bits per heavy atom. The number of piperazine rings is 1. The number of para-hydroxylation sites is 1. The van der Waals surface area contributed by atoms with Gasteiger partial charge in [0.2, 0.25) is 11.8 Å². The predicted octanol–water partition coefficient (Wildman–Crippen LogP) is 1.91. The van der Waals surface area contributed by atoms with Gasteiger partial charge >= 0.3 is 0 Å². The standard InChI is InChI=1S/C22H25N3O3/c26-21(14-18-16-28-13-10-23-18)24-11-12-25(22(27)15-24)20-9-5-4-8-19(20)17-6-2-1-3-7-17/h1-9,18,23H,10-16H2. The first-order valence-electron chi connectivity index (χ1n) is 9.76. The summed E-state index contributed by atoms with van der Waals surface area (Å²) in [7, 11) is 0. The van der Waals surface area contributed by atoms with Crippen molar-refractivity contribution in [1.82, 2.24) is 10.2 Å². The van der Waals surface area contributed by atoms with E-state index < -0.39 is 0 Å². The van der Waals surface area contributed by atoms with Crippen molar-refractivity contribution in [3.05, 3.63) is 54.6 Å². The molecule has 1 atom stereocenters. The lowest BCUT2D eigenvalue weighted by atomic mass is 10.0. The molecule has 2 aliphatic rings. The SMILES string of the molecule is O=C(CC1COCCN1)N1CCN(c2ccccc2-c2ccccc2)C(=O)C1. The number of rotatable bonds is 4. The van der Waals surface area contributed by atoms with Gasteiger partial charge in [-0.2, -0.15) is 0 Å². The maximum absolute atomic E-state index is 12.9. The second kappa shape index (κ2) is 8.54. The minimum absolute atomic E-state index is 0.00680. The largest absolute Gasteiger partial charge is 0.378 e. The first-order chi connectivity index (χ1) is 13.7. The van der Waals surface area contributed by atoms with Crippen LogP contribution in [0.4, 0.5) is 5.69 Å². The lowest BCUT2D eigenvalue weighted by Crippen LogP contribution is -2.54. The first-order valence-corrected chi connectivity index (χ1v) is 9.76. The van der Waals surface area contributed by atoms with E-state index in [1.165, 1.54) is 0 Å². The average molecular weight is 379 g/mol. The summed E-state index contributed by atoms with van der Waals surface area (Å²) in [6, 6.07) is 18.0. The molecule has 0 aromatic heterocycles. The second-order valence-corrected chi connectivity index (χ2v) is 7.17. The maximum Gasteiger partial charge on any atom is 0.246 e. The molecule has 0 spiro atoms. The lowest BCUT2D eigenvalue weighted by Gasteiger charge is -2.36. The number of ether oxygens (including phenoxy) is 1. The van der Waals surface area contributed by atoms with Gasteiger partial charge in [-0.05, 0) is 11.6 Å². The number of carbonyl (C=O) groups is 2. The van der Waals surface area contributed by atoms with E-state index in [2.05, 4.69) is 5.32 Å². The summed E-state index contributed by atoms with van der Waals surface area (Å²) in [5.41, 5.74) is 3.00. The molecule has 4 rings (SSSR count). The van der Waals surface area contributed by atoms with E-state index >= 15 is 0 Å². The van der Waals surface area contributed by atoms with Gasteiger partial charge in [0.15, 0.2) is 0 Å². The van der Waals surface area contributed by atoms with Crippen LogP contribution in [-0.2, 0) is 14.3 Å². The molecular formula is C22H25N3O3. The number of hydrogen-bond donors (Lipinski definition) is 1. The van der Waals surface area contributed by atoms with Crippen LogP contribution in [-0.4, -0.2) is 62.1 Å². The van der Waals surface area contributed by atoms with E-state index in [4.69, 9.17) is 4.74 Å². The third-order valence-corrected chi connectivity index (χ3v) is 5.27. The molecule has 2 fully saturated rings. The zero-order chi connectivity index (χ0) is 19.3. The summed E-state index contributed by atoms with van der Waals surface area (Å²) in [5.74, 6) is -0.0387. The van der Waals surface area contributed by atoms with E-state index in [9.17, 15) is 9.59 Å². The highest BCUT2D eigenvalue weighted by Gasteiger charge is 2.30. The summed E-state index contributed by atoms with van der Waals surface area (Å²) in [6.07, 6.45) is 0.369. The van der Waals surface area contributed by atoms with Crippen LogP contribution in [0.1, 0.15) is 6.42 Å². The number of carbonyl (C=O) groups excluding carboxylic acids is 2. The average Bonchev–Trinajstić information content (AvgIpc) is 2.75. The van der Waals surface area contributed by atoms with Gasteiger partial charge in [-0.15, -0.1) is 0 Å². The highest BCUT2D eigenvalue weighted by atomic mass is 16.5. The number of benzene rings is 2. The molecule has 2 aromatic carbocycles. The van der Waals surface area contributed by atoms with E-state index in [1.807, 2.05) is 54.6 Å². The quantitative estimate of drug-likeness (QED) is 0.882. The van der Waals surface area contributed by atoms with Crippen LogP contribution in [0.25, 0.3) is 11.1 Å². The Kier molecular flexibility index (Phi) is 5.69. The molecule has 0 aliphatic carbocycles. The lowest BCUT2D eigenvalue weighted by molar-refractivity contribution is -0.137. The minimum atomic E-state index is -0.0455. The highest BCUT2D eigenvalue weighted by molar-refractivity contribution is 6.01. The summed E-state index contributed by atoms with van der Waals surface area (Å²) < 4.78 is 5.41. The van der Waals surface area contributed by atoms with Gasteiger partial charge in [-0.3, -0.25) is 9.59 Å². The van der Waals surface area contributed by atoms with E-state index in [1.54, 1.807) is 9.80 Å². The van der Waals surface area contributed by atoms with Crippen LogP contribution in [0.5, 0.6) is 0 Å². The van der Waals surface area contributed by atoms with Gasteiger partial charge in [-0.1, -0.05) is 48.5 Å². The van der Waals surface area contributed by atoms with Crippen LogP contribution < -0.4 is 10.2 Å². The summed E-state index contributed by atoms with van der Waals surface area (Å²) in [5, 5.41) is 3.29. The van der Waals surface area contributed by atoms with Crippen molar-refractivity contribution in [3.63, 3.8) is 0 Å². The van der Waals surface area contributed by atoms with Crippen molar-refractivity contribution in [1.29, 1.82) is 0 Å². The summed E-state index contributed by atoms with van der Waals surface area (Å²) >= 11 is 0. The zero-order valence-corrected chi connectivity index (χ0v) is 15.8. The van der Waals surface area contributed by atoms with Crippen molar-refractivity contribution in [2.45, 2.75) is 12.5 Å². The molecule has 1 N–H and O–H groups in total. The zero-order valence-electron chi connectivity index (χ0n) is 15.8. The summed E-state index contributed by atoms with van der Waals surface area (Å²) in [4.78, 5) is 28.9. The molecule has 0 saturated carbocycles. The van der Waals surface area contributed by atoms with Crippen molar-refractivity contribution >= 4 is 17.5 Å². The predicted molar refractivity (Wildman–Crippen MR) is 108 cm³/mol. The van der Waals surface area contributed by atoms with E-state index in [-0.39, 0.29) is 24.4 Å². The number of hydrogen-bond acceptors (Lipinski definition) is 4. The number of nitrogens with one attached hydrogen (secondary N) is 1. The summed E-state index contributed by atoms with van der Waals surface area (Å²) in [6.45, 7) is 3.16. The van der Waals surface area contributed by atoms with Gasteiger partial charge in [-0.25, -0.2) is 0 Å². The Balaban J connectivity index is 1.45. The molecule has 6 nitrogen and oxygen atoms in total. The molecule has 2 aromatic rings. The molecule has 2 heterocycles. The Hall–Kier alpha value is -2.70. The Morgan fingerprint density at radius 3 is 2.61 bits per heavy atom. The molecule has 2 saturated heterocycles. The molecule has 146 valence electrons. The highest BCUT2D eigenvalue weighted by Crippen LogP contribution is 2.31. The molecular weight excluding hydrogens is 354 g/mol. The van der Waals surface area contributed by atoms with Gasteiger partial charge in [0.05, 0.1) is 18.9 Å². The molecule has 0 radical (unpaired) electrons. The molecule has 0 bridgehead atoms. The molecule has 6 heteroatoms. The van der Waals surface area contributed by atoms with Gasteiger partial charge in [0.1, 0.15) is 6.54 Å². The van der Waals surface area contributed by atoms with Gasteiger partial charge < -0.3 is 19.9 Å². The van der Waals surface area contributed by atoms with Crippen molar-refractivity contribution < 1.29 is 14.3 Å². The van der Waals surface area contributed by atoms with Crippen LogP contribution in [0, 0.1) is 0 Å². The molecule has 28 heavy (non-hydrogen) atoms. The van der Waals surface area contributed by atoms with Crippen molar-refractivity contribution in [2.75, 3.05) is 44.3 Å². The fourth-order valence-corrected chi connectivity index (χ4v) is 3.80. The Morgan fingerprint density at radius 2 is 1.86 bits per heavy atom. The minimum Gasteiger partial charge on any atom is -0.378 e. The maximum atomic E-state index is 12.9. The van der Waals surface area contributed by atoms with Gasteiger partial charge in [0.25, 0.3) is 0 Å². The Labute approximate surface area is 165 Å². The monoisotopic (exact) mass is 379 g/mol. The molecule has 2 aliphatic heterocycles. The molecule has 1 unspecified atom stereocenters. The fourth-order valence-electron chi connectivity index (χ4n) is 3.80. The topological polar surface area (TPSA) is 61.9 Å². The third-order valence-electron chi connectivity index (χ3n) is 5.27. The number of amides is 2. The second-order valence-electron chi connectivity index (χ2n) is 7.17. The van der Waals surface area contributed by atoms with Crippen molar-refractivity contribution in [2.24, 2.45) is 0 Å². The van der Waals surface area contributed by atoms with Crippen LogP contribution in [0.3, 0.4) is 0 Å². The first kappa shape index (κ1) is 18.7. The van der Waals surface area contributed by atoms with E-state index in [0.29, 0.717) is 32.7 Å². The van der Waals surface area contributed by atoms with Crippen molar-refractivity contribution in [3.8, 4) is 11.1 Å². The number of morpholine rings is 1. The molecule has 2 amide bonds. The normalized spacial score (nSPS) is 20.3. The Bertz CT molecular complexity index is 834. The van der Waals surface area contributed by atoms with Crippen LogP contribution in [0.15, 0.2) is 54.6 Å². The van der Waals surface area contributed by atoms with Gasteiger partial charge in [0, 0.05) is 37.7 Å². The number of nitrogens with zero attached hydrogens (tertiary/aromatic N) is 2. The smallest absolute Gasteiger partial charge is 0.246 e. The number of anilines is 1. The van der Waals surface area contributed by atoms with E-state index in [0.717, 1.165) is 23.4 Å². The van der Waals surface area contributed by atoms with Crippen LogP contribution >= 0.6 is 0 Å². The van der Waals surface area contributed by atoms with Crippen LogP contribution in [0.2, 0.25) is 0 Å². The fraction of sp³-hybridized carbons (Fsp3) is 0.364.